The van der Waals surface area contributed by atoms with Gasteiger partial charge in [0.15, 0.2) is 6.17 Å². The number of hydrogen-bond acceptors (Lipinski definition) is 13. The predicted molar refractivity (Wildman–Crippen MR) is 439 cm³/mol. The third kappa shape index (κ3) is 20.4. The van der Waals surface area contributed by atoms with Crippen LogP contribution >= 0.6 is 23.2 Å². The molecule has 3 fully saturated rings. The number of halogens is 2. The quantitative estimate of drug-likeness (QED) is 0.0448. The van der Waals surface area contributed by atoms with Gasteiger partial charge in [-0.05, 0) is 115 Å². The Bertz CT molecular complexity index is 4130. The van der Waals surface area contributed by atoms with Crippen molar-refractivity contribution in [2.75, 3.05) is 35.8 Å². The number of aliphatic imine (C=N–C) groups is 3. The molecule has 0 radical (unpaired) electrons. The molecule has 0 aromatic heterocycles. The number of likely N-dealkylation sites (N-methyl/N-ethyl adjacent to an activating group) is 3. The molecule has 0 bridgehead atoms. The van der Waals surface area contributed by atoms with E-state index in [0.717, 1.165) is 120 Å². The van der Waals surface area contributed by atoms with Crippen molar-refractivity contribution in [3.63, 3.8) is 0 Å². The fourth-order valence-corrected chi connectivity index (χ4v) is 16.5. The van der Waals surface area contributed by atoms with E-state index in [0.29, 0.717) is 49.4 Å². The molecule has 110 heavy (non-hydrogen) atoms. The summed E-state index contributed by atoms with van der Waals surface area (Å²) in [5.74, 6) is -3.38. The first-order valence-electron chi connectivity index (χ1n) is 38.5. The van der Waals surface area contributed by atoms with Gasteiger partial charge in [0.05, 0.1) is 57.4 Å². The number of ketones is 2. The highest BCUT2D eigenvalue weighted by molar-refractivity contribution is 6.43. The Balaban J connectivity index is 0.000000189. The molecule has 6 aliphatic rings. The predicted octanol–water partition coefficient (Wildman–Crippen LogP) is 14.9. The molecule has 7 N–H and O–H groups in total. The van der Waals surface area contributed by atoms with Gasteiger partial charge in [0.1, 0.15) is 16.4 Å². The summed E-state index contributed by atoms with van der Waals surface area (Å²) in [6.07, 6.45) is 8.37. The first-order chi connectivity index (χ1) is 52.3. The lowest BCUT2D eigenvalue weighted by atomic mass is 9.67. The summed E-state index contributed by atoms with van der Waals surface area (Å²) in [6, 6.07) is 52.0. The second kappa shape index (κ2) is 38.9. The zero-order valence-corrected chi connectivity index (χ0v) is 67.2. The normalized spacial score (nSPS) is 19.5. The summed E-state index contributed by atoms with van der Waals surface area (Å²) < 4.78 is 0. The van der Waals surface area contributed by atoms with Crippen molar-refractivity contribution in [3.8, 4) is 0 Å². The summed E-state index contributed by atoms with van der Waals surface area (Å²) in [5, 5.41) is 15.2. The lowest BCUT2D eigenvalue weighted by Crippen LogP contribution is -2.53. The Labute approximate surface area is 658 Å². The van der Waals surface area contributed by atoms with E-state index in [1.807, 2.05) is 191 Å². The number of nitrogens with one attached hydrogen (secondary N) is 2. The zero-order valence-electron chi connectivity index (χ0n) is 65.7. The molecule has 20 nitrogen and oxygen atoms in total. The van der Waals surface area contributed by atoms with E-state index in [1.165, 1.54) is 4.90 Å². The molecule has 3 unspecified atom stereocenters. The molecule has 6 aromatic rings. The Morgan fingerprint density at radius 2 is 0.700 bits per heavy atom. The summed E-state index contributed by atoms with van der Waals surface area (Å²) in [7, 11) is 5.13. The number of primary amides is 1. The van der Waals surface area contributed by atoms with Crippen molar-refractivity contribution in [1.82, 2.24) is 10.6 Å². The van der Waals surface area contributed by atoms with Gasteiger partial charge in [-0.2, -0.15) is 0 Å². The lowest BCUT2D eigenvalue weighted by Gasteiger charge is -2.36. The molecule has 3 aliphatic heterocycles. The fraction of sp³-hybridized carbons (Fsp3) is 0.455. The minimum absolute atomic E-state index is 0.0676. The Hall–Kier alpha value is -9.50. The van der Waals surface area contributed by atoms with E-state index in [2.05, 4.69) is 29.5 Å². The van der Waals surface area contributed by atoms with Crippen molar-refractivity contribution in [3.05, 3.63) is 197 Å². The van der Waals surface area contributed by atoms with Gasteiger partial charge in [-0.15, -0.1) is 23.2 Å². The first-order valence-corrected chi connectivity index (χ1v) is 39.4. The SMILES string of the molecule is CC(=O)C1([C@@H](CC(C)C)C(=O)NC2N=C(c3ccccc3)c3ccccc3N(C)C2=O)CCCC1.CC(=O)C1([C@@H](CC(C)C)C(=O)O)CCCC1.CC(C)C[C@@H](C(=O)NC1N=C(c2ccccc2)c2ccccc2N(C)C1=O)C1(C(N)=O)CCCC1.CC(Cl)Cl.CN1C(=O)C(N)N=C(c2ccccc2)c2ccccc21. The van der Waals surface area contributed by atoms with Gasteiger partial charge in [0.25, 0.3) is 17.7 Å². The van der Waals surface area contributed by atoms with Crippen LogP contribution in [0.1, 0.15) is 192 Å². The summed E-state index contributed by atoms with van der Waals surface area (Å²) >= 11 is 10.1. The van der Waals surface area contributed by atoms with E-state index in [-0.39, 0.29) is 57.8 Å². The second-order valence-corrected chi connectivity index (χ2v) is 32.5. The van der Waals surface area contributed by atoms with Gasteiger partial charge in [0, 0.05) is 65.4 Å². The third-order valence-electron chi connectivity index (χ3n) is 22.2. The number of carbonyl (C=O) groups excluding carboxylic acids is 8. The molecule has 3 saturated carbocycles. The van der Waals surface area contributed by atoms with E-state index < -0.39 is 64.4 Å². The smallest absolute Gasteiger partial charge is 0.307 e. The van der Waals surface area contributed by atoms with Gasteiger partial charge >= 0.3 is 5.97 Å². The maximum Gasteiger partial charge on any atom is 0.307 e. The molecule has 0 saturated heterocycles. The highest BCUT2D eigenvalue weighted by atomic mass is 35.5. The number of Topliss-reactive ketones (excluding diaryl/α,β-unsaturated/α-hetero) is 2. The molecule has 6 atom stereocenters. The number of amides is 6. The van der Waals surface area contributed by atoms with Crippen LogP contribution in [0.15, 0.2) is 179 Å². The average Bonchev–Trinajstić information content (AvgIpc) is 1.61. The molecule has 6 aromatic carbocycles. The Kier molecular flexibility index (Phi) is 30.5. The van der Waals surface area contributed by atoms with E-state index in [1.54, 1.807) is 51.7 Å². The lowest BCUT2D eigenvalue weighted by molar-refractivity contribution is -0.152. The van der Waals surface area contributed by atoms with Crippen LogP contribution in [-0.4, -0.2) is 120 Å². The van der Waals surface area contributed by atoms with Crippen LogP contribution in [0.5, 0.6) is 0 Å². The number of benzene rings is 6. The molecule has 3 heterocycles. The number of carboxylic acid groups (broad SMARTS) is 1. The molecular weight excluding hydrogens is 1430 g/mol. The second-order valence-electron chi connectivity index (χ2n) is 31.0. The zero-order chi connectivity index (χ0) is 80.4. The number of benzodiazepines with no additional fused rings is 3. The number of nitrogens with two attached hydrogens (primary N) is 2. The average molecular weight is 1540 g/mol. The number of aliphatic carboxylic acids is 1. The molecule has 6 amide bonds. The minimum Gasteiger partial charge on any atom is -0.481 e. The van der Waals surface area contributed by atoms with Crippen LogP contribution in [0, 0.1) is 51.8 Å². The highest BCUT2D eigenvalue weighted by Crippen LogP contribution is 2.50. The Morgan fingerprint density at radius 3 is 1.00 bits per heavy atom. The molecule has 586 valence electrons. The largest absolute Gasteiger partial charge is 0.481 e. The first kappa shape index (κ1) is 86.1. The van der Waals surface area contributed by atoms with Crippen LogP contribution in [0.25, 0.3) is 0 Å². The number of alkyl halides is 2. The third-order valence-corrected chi connectivity index (χ3v) is 22.2. The van der Waals surface area contributed by atoms with Gasteiger partial charge in [0.2, 0.25) is 30.1 Å². The summed E-state index contributed by atoms with van der Waals surface area (Å²) in [4.78, 5) is 134. The number of carboxylic acids is 1. The number of nitrogens with zero attached hydrogens (tertiary/aromatic N) is 6. The molecular formula is C88H110Cl2N10O10. The van der Waals surface area contributed by atoms with Gasteiger partial charge < -0.3 is 41.9 Å². The van der Waals surface area contributed by atoms with Crippen LogP contribution < -0.4 is 36.8 Å². The standard InChI is InChI=1S/C29H35N3O3.C28H34N4O3.C16H15N3O.C13H22O3.C2H4Cl2/c1-19(2)18-23(29(20(3)33)16-10-11-17-29)27(34)31-26-28(35)32(4)24-15-9-8-14-22(24)25(30-26)21-12-6-5-7-13-21;1-18(2)17-21(28(27(29)35)15-9-10-16-28)25(33)31-24-26(34)32(3)22-14-8-7-13-20(22)23(30-24)19-11-5-4-6-12-19;1-19-13-10-6-5-9-12(13)14(18-15(17)16(19)20)11-7-3-2-4-8-11;1-9(2)8-11(12(15)16)13(10(3)14)6-4-5-7-13;1-2(3)4/h5-9,12-15,19,23,26H,10-11,16-18H2,1-4H3,(H,31,34);4-8,11-14,18,21,24H,9-10,15-17H2,1-3H3,(H2,29,35)(H,31,33);2-10,15H,17H2,1H3;9,11H,4-8H2,1-3H3,(H,15,16);2H,1H3/t23-,26?;21-,24?;;11-;/m00.0./s1. The van der Waals surface area contributed by atoms with Crippen LogP contribution in [-0.2, 0) is 43.2 Å². The number of hydrogen-bond donors (Lipinski definition) is 5. The van der Waals surface area contributed by atoms with E-state index in [9.17, 15) is 48.3 Å². The monoisotopic (exact) mass is 1540 g/mol. The van der Waals surface area contributed by atoms with Gasteiger partial charge in [-0.1, -0.05) is 226 Å². The van der Waals surface area contributed by atoms with Crippen LogP contribution in [0.3, 0.4) is 0 Å². The van der Waals surface area contributed by atoms with E-state index in [4.69, 9.17) is 44.7 Å². The van der Waals surface area contributed by atoms with Crippen molar-refractivity contribution in [1.29, 1.82) is 0 Å². The van der Waals surface area contributed by atoms with Gasteiger partial charge in [-0.3, -0.25) is 48.1 Å². The maximum atomic E-state index is 13.8. The van der Waals surface area contributed by atoms with Crippen LogP contribution in [0.4, 0.5) is 17.1 Å². The maximum absolute atomic E-state index is 13.8. The highest BCUT2D eigenvalue weighted by Gasteiger charge is 2.52. The van der Waals surface area contributed by atoms with Gasteiger partial charge in [-0.25, -0.2) is 9.98 Å². The summed E-state index contributed by atoms with van der Waals surface area (Å²) in [5.41, 5.74) is 19.3. The van der Waals surface area contributed by atoms with E-state index >= 15 is 0 Å². The van der Waals surface area contributed by atoms with Crippen molar-refractivity contribution in [2.24, 2.45) is 78.2 Å². The number of carbonyl (C=O) groups is 9. The van der Waals surface area contributed by atoms with Crippen molar-refractivity contribution in [2.45, 2.75) is 182 Å². The topological polar surface area (TPSA) is 297 Å². The summed E-state index contributed by atoms with van der Waals surface area (Å²) in [6.45, 7) is 17.1. The number of rotatable bonds is 20. The Morgan fingerprint density at radius 1 is 0.436 bits per heavy atom. The van der Waals surface area contributed by atoms with Crippen LogP contribution in [0.2, 0.25) is 0 Å². The molecule has 3 aliphatic carbocycles. The van der Waals surface area contributed by atoms with Crippen molar-refractivity contribution >= 4 is 110 Å². The number of fused-ring (bicyclic) bond motifs is 3. The number of anilines is 3. The number of para-hydroxylation sites is 3. The minimum atomic E-state index is -1.11. The molecule has 0 spiro atoms. The van der Waals surface area contributed by atoms with Crippen molar-refractivity contribution < 1.29 is 48.3 Å². The molecule has 12 rings (SSSR count). The fourth-order valence-electron chi connectivity index (χ4n) is 16.5. The molecule has 22 heteroatoms.